The van der Waals surface area contributed by atoms with Gasteiger partial charge in [0.15, 0.2) is 0 Å². The molecular weight excluding hydrogens is 492 g/mol. The van der Waals surface area contributed by atoms with Gasteiger partial charge >= 0.3 is 12.1 Å². The number of likely N-dealkylation sites (tertiary alicyclic amines) is 1. The molecule has 1 N–H and O–H groups in total. The number of carbonyl (C=O) groups is 2. The second-order valence-electron chi connectivity index (χ2n) is 10.2. The Labute approximate surface area is 231 Å². The Morgan fingerprint density at radius 3 is 2.23 bits per heavy atom. The molecule has 7 nitrogen and oxygen atoms in total. The Balaban J connectivity index is 1.68. The van der Waals surface area contributed by atoms with Crippen LogP contribution in [0.2, 0.25) is 0 Å². The van der Waals surface area contributed by atoms with Crippen molar-refractivity contribution in [2.75, 3.05) is 14.2 Å². The molecule has 1 heterocycles. The Morgan fingerprint density at radius 1 is 0.949 bits per heavy atom. The van der Waals surface area contributed by atoms with Gasteiger partial charge in [-0.05, 0) is 35.6 Å². The van der Waals surface area contributed by atoms with Crippen LogP contribution in [0.1, 0.15) is 55.0 Å². The van der Waals surface area contributed by atoms with Crippen molar-refractivity contribution in [3.63, 3.8) is 0 Å². The fraction of sp³-hybridized carbons (Fsp3) is 0.375. The van der Waals surface area contributed by atoms with E-state index in [1.807, 2.05) is 73.7 Å². The Bertz CT molecular complexity index is 1250. The van der Waals surface area contributed by atoms with Gasteiger partial charge in [-0.25, -0.2) is 4.79 Å². The molecule has 0 unspecified atom stereocenters. The monoisotopic (exact) mass is 530 g/mol. The van der Waals surface area contributed by atoms with Gasteiger partial charge in [0.05, 0.1) is 26.2 Å². The predicted octanol–water partition coefficient (Wildman–Crippen LogP) is 5.85. The van der Waals surface area contributed by atoms with Crippen molar-refractivity contribution in [1.82, 2.24) is 10.2 Å². The van der Waals surface area contributed by atoms with Gasteiger partial charge in [0, 0.05) is 24.2 Å². The summed E-state index contributed by atoms with van der Waals surface area (Å²) in [6.07, 6.45) is -0.474. The molecule has 4 atom stereocenters. The van der Waals surface area contributed by atoms with Crippen molar-refractivity contribution in [2.45, 2.75) is 58.0 Å². The van der Waals surface area contributed by atoms with Crippen LogP contribution in [0.15, 0.2) is 78.9 Å². The molecule has 4 rings (SSSR count). The molecule has 7 heteroatoms. The second-order valence-corrected chi connectivity index (χ2v) is 10.2. The van der Waals surface area contributed by atoms with E-state index >= 15 is 0 Å². The smallest absolute Gasteiger partial charge is 0.410 e. The van der Waals surface area contributed by atoms with E-state index in [0.29, 0.717) is 12.5 Å². The van der Waals surface area contributed by atoms with Gasteiger partial charge in [-0.1, -0.05) is 86.6 Å². The van der Waals surface area contributed by atoms with E-state index in [2.05, 4.69) is 31.3 Å². The molecule has 0 bridgehead atoms. The Hall–Kier alpha value is -3.84. The lowest BCUT2D eigenvalue weighted by Gasteiger charge is -2.30. The maximum Gasteiger partial charge on any atom is 0.410 e. The number of ether oxygens (including phenoxy) is 3. The third kappa shape index (κ3) is 6.25. The Kier molecular flexibility index (Phi) is 9.25. The molecule has 3 aromatic rings. The third-order valence-corrected chi connectivity index (χ3v) is 7.51. The van der Waals surface area contributed by atoms with E-state index in [-0.39, 0.29) is 12.6 Å². The number of esters is 1. The standard InChI is InChI=1S/C32H38N2O5/c1-21(2)25-16-17-27(37-4)26(18-25)19-33-29-28(31(35)38-5)22(3)34(30(29)24-14-10-7-11-15-24)32(36)39-20-23-12-8-6-9-13-23/h6-18,21-22,28-30,33H,19-20H2,1-5H3/t22-,28+,29+,30-/m0/s1. The van der Waals surface area contributed by atoms with Crippen LogP contribution >= 0.6 is 0 Å². The molecule has 39 heavy (non-hydrogen) atoms. The number of nitrogens with one attached hydrogen (secondary N) is 1. The van der Waals surface area contributed by atoms with Gasteiger partial charge in [0.2, 0.25) is 0 Å². The molecule has 1 aliphatic heterocycles. The average molecular weight is 531 g/mol. The summed E-state index contributed by atoms with van der Waals surface area (Å²) in [4.78, 5) is 28.5. The molecule has 1 saturated heterocycles. The molecule has 0 aliphatic carbocycles. The zero-order valence-electron chi connectivity index (χ0n) is 23.3. The van der Waals surface area contributed by atoms with Crippen LogP contribution in [0.5, 0.6) is 5.75 Å². The van der Waals surface area contributed by atoms with Crippen LogP contribution in [0.25, 0.3) is 0 Å². The SMILES string of the molecule is COC(=O)[C@H]1[C@@H](NCc2cc(C(C)C)ccc2OC)[C@H](c2ccccc2)N(C(=O)OCc2ccccc2)[C@H]1C. The first-order valence-electron chi connectivity index (χ1n) is 13.4. The number of carbonyl (C=O) groups excluding carboxylic acids is 2. The summed E-state index contributed by atoms with van der Waals surface area (Å²) >= 11 is 0. The van der Waals surface area contributed by atoms with E-state index in [4.69, 9.17) is 14.2 Å². The lowest BCUT2D eigenvalue weighted by Crippen LogP contribution is -2.42. The molecule has 0 aromatic heterocycles. The van der Waals surface area contributed by atoms with Gasteiger partial charge in [-0.3, -0.25) is 9.69 Å². The van der Waals surface area contributed by atoms with Crippen LogP contribution in [0.3, 0.4) is 0 Å². The summed E-state index contributed by atoms with van der Waals surface area (Å²) < 4.78 is 16.7. The summed E-state index contributed by atoms with van der Waals surface area (Å²) in [6, 6.07) is 24.1. The van der Waals surface area contributed by atoms with Crippen LogP contribution < -0.4 is 10.1 Å². The minimum Gasteiger partial charge on any atom is -0.496 e. The number of benzene rings is 3. The molecular formula is C32H38N2O5. The third-order valence-electron chi connectivity index (χ3n) is 7.51. The maximum atomic E-state index is 13.6. The lowest BCUT2D eigenvalue weighted by molar-refractivity contribution is -0.146. The minimum absolute atomic E-state index is 0.143. The lowest BCUT2D eigenvalue weighted by atomic mass is 9.90. The number of hydrogen-bond acceptors (Lipinski definition) is 6. The fourth-order valence-corrected chi connectivity index (χ4v) is 5.43. The Morgan fingerprint density at radius 2 is 1.62 bits per heavy atom. The predicted molar refractivity (Wildman–Crippen MR) is 150 cm³/mol. The quantitative estimate of drug-likeness (QED) is 0.350. The second kappa shape index (κ2) is 12.8. The molecule has 0 spiro atoms. The minimum atomic E-state index is -0.608. The van der Waals surface area contributed by atoms with E-state index in [9.17, 15) is 9.59 Å². The molecule has 0 saturated carbocycles. The summed E-state index contributed by atoms with van der Waals surface area (Å²) in [5.41, 5.74) is 3.98. The first-order valence-corrected chi connectivity index (χ1v) is 13.4. The highest BCUT2D eigenvalue weighted by Gasteiger charge is 2.53. The summed E-state index contributed by atoms with van der Waals surface area (Å²) in [5.74, 6) is 0.143. The normalized spacial score (nSPS) is 20.6. The average Bonchev–Trinajstić information content (AvgIpc) is 3.26. The highest BCUT2D eigenvalue weighted by Crippen LogP contribution is 2.42. The zero-order valence-corrected chi connectivity index (χ0v) is 23.3. The zero-order chi connectivity index (χ0) is 27.9. The van der Waals surface area contributed by atoms with E-state index in [1.54, 1.807) is 12.0 Å². The fourth-order valence-electron chi connectivity index (χ4n) is 5.43. The van der Waals surface area contributed by atoms with Crippen molar-refractivity contribution in [1.29, 1.82) is 0 Å². The van der Waals surface area contributed by atoms with Crippen molar-refractivity contribution in [3.8, 4) is 5.75 Å². The van der Waals surface area contributed by atoms with E-state index in [1.165, 1.54) is 12.7 Å². The number of nitrogens with zero attached hydrogens (tertiary/aromatic N) is 1. The van der Waals surface area contributed by atoms with E-state index in [0.717, 1.165) is 22.4 Å². The van der Waals surface area contributed by atoms with Gasteiger partial charge in [-0.2, -0.15) is 0 Å². The van der Waals surface area contributed by atoms with Crippen LogP contribution in [0, 0.1) is 5.92 Å². The highest BCUT2D eigenvalue weighted by atomic mass is 16.6. The number of rotatable bonds is 9. The molecule has 3 aromatic carbocycles. The van der Waals surface area contributed by atoms with Gasteiger partial charge < -0.3 is 19.5 Å². The van der Waals surface area contributed by atoms with Crippen LogP contribution in [0.4, 0.5) is 4.79 Å². The van der Waals surface area contributed by atoms with Gasteiger partial charge in [0.25, 0.3) is 0 Å². The van der Waals surface area contributed by atoms with Crippen molar-refractivity contribution >= 4 is 12.1 Å². The summed E-state index contributed by atoms with van der Waals surface area (Å²) in [7, 11) is 3.04. The largest absolute Gasteiger partial charge is 0.496 e. The molecule has 0 radical (unpaired) electrons. The molecule has 1 fully saturated rings. The van der Waals surface area contributed by atoms with Crippen molar-refractivity contribution in [3.05, 3.63) is 101 Å². The highest BCUT2D eigenvalue weighted by molar-refractivity contribution is 5.78. The van der Waals surface area contributed by atoms with Gasteiger partial charge in [-0.15, -0.1) is 0 Å². The van der Waals surface area contributed by atoms with Crippen LogP contribution in [-0.2, 0) is 27.4 Å². The number of amides is 1. The topological polar surface area (TPSA) is 77.1 Å². The number of hydrogen-bond donors (Lipinski definition) is 1. The van der Waals surface area contributed by atoms with E-state index < -0.39 is 30.1 Å². The molecule has 1 amide bonds. The molecule has 1 aliphatic rings. The van der Waals surface area contributed by atoms with Gasteiger partial charge in [0.1, 0.15) is 12.4 Å². The van der Waals surface area contributed by atoms with Crippen LogP contribution in [-0.4, -0.2) is 43.3 Å². The number of methoxy groups -OCH3 is 2. The maximum absolute atomic E-state index is 13.6. The first kappa shape index (κ1) is 28.2. The summed E-state index contributed by atoms with van der Waals surface area (Å²) in [5, 5.41) is 3.61. The molecule has 206 valence electrons. The first-order chi connectivity index (χ1) is 18.8. The van der Waals surface area contributed by atoms with Crippen molar-refractivity contribution < 1.29 is 23.8 Å². The summed E-state index contributed by atoms with van der Waals surface area (Å²) in [6.45, 7) is 6.77. The van der Waals surface area contributed by atoms with Crippen molar-refractivity contribution in [2.24, 2.45) is 5.92 Å².